The number of nitrogens with one attached hydrogen (secondary N) is 3. The molecule has 3 heterocycles. The van der Waals surface area contributed by atoms with Crippen LogP contribution in [0.1, 0.15) is 27.2 Å². The number of hydrogen-bond acceptors (Lipinski definition) is 5. The van der Waals surface area contributed by atoms with E-state index in [1.54, 1.807) is 36.4 Å². The minimum absolute atomic E-state index is 0.0586. The van der Waals surface area contributed by atoms with Crippen LogP contribution in [0.15, 0.2) is 55.0 Å². The Morgan fingerprint density at radius 1 is 1.15 bits per heavy atom. The van der Waals surface area contributed by atoms with Gasteiger partial charge >= 0.3 is 6.18 Å². The highest BCUT2D eigenvalue weighted by Crippen LogP contribution is 2.36. The fourth-order valence-electron chi connectivity index (χ4n) is 3.68. The van der Waals surface area contributed by atoms with Crippen LogP contribution in [0.25, 0.3) is 28.4 Å². The van der Waals surface area contributed by atoms with Gasteiger partial charge in [-0.2, -0.15) is 23.4 Å². The molecule has 0 radical (unpaired) electrons. The molecule has 1 amide bonds. The molecule has 5 rings (SSSR count). The number of anilines is 1. The minimum Gasteiger partial charge on any atom is -0.352 e. The molecule has 0 atom stereocenters. The van der Waals surface area contributed by atoms with Crippen LogP contribution in [0.5, 0.6) is 0 Å². The molecule has 0 aliphatic carbocycles. The maximum atomic E-state index is 14.1. The molecule has 2 aromatic heterocycles. The van der Waals surface area contributed by atoms with Gasteiger partial charge in [-0.1, -0.05) is 12.1 Å². The second kappa shape index (κ2) is 7.50. The molecule has 33 heavy (non-hydrogen) atoms. The predicted molar refractivity (Wildman–Crippen MR) is 114 cm³/mol. The molecular formula is C22H13F3N6O2. The van der Waals surface area contributed by atoms with Gasteiger partial charge in [0.15, 0.2) is 11.6 Å². The van der Waals surface area contributed by atoms with Crippen LogP contribution in [0, 0.1) is 0 Å². The molecular weight excluding hydrogens is 437 g/mol. The SMILES string of the molecule is O=C=C1NC=Cc2c1cccc2-n1ncc(C(=O)Nc2ccc3cn[nH]c3c2)c1C(F)(F)F. The number of rotatable bonds is 3. The van der Waals surface area contributed by atoms with Gasteiger partial charge in [-0.3, -0.25) is 9.89 Å². The number of amides is 1. The van der Waals surface area contributed by atoms with Crippen molar-refractivity contribution >= 4 is 40.2 Å². The number of halogens is 3. The smallest absolute Gasteiger partial charge is 0.352 e. The summed E-state index contributed by atoms with van der Waals surface area (Å²) < 4.78 is 43.0. The van der Waals surface area contributed by atoms with Crippen molar-refractivity contribution in [1.82, 2.24) is 25.3 Å². The van der Waals surface area contributed by atoms with E-state index in [-0.39, 0.29) is 11.4 Å². The molecule has 1 aliphatic rings. The Labute approximate surface area is 183 Å². The van der Waals surface area contributed by atoms with Crippen LogP contribution in [0.3, 0.4) is 0 Å². The summed E-state index contributed by atoms with van der Waals surface area (Å²) in [6.45, 7) is 0. The third kappa shape index (κ3) is 3.46. The van der Waals surface area contributed by atoms with E-state index >= 15 is 0 Å². The largest absolute Gasteiger partial charge is 0.434 e. The van der Waals surface area contributed by atoms with Crippen molar-refractivity contribution < 1.29 is 22.8 Å². The van der Waals surface area contributed by atoms with Gasteiger partial charge < -0.3 is 10.6 Å². The van der Waals surface area contributed by atoms with Crippen molar-refractivity contribution in [3.05, 3.63) is 77.4 Å². The molecule has 0 unspecified atom stereocenters. The lowest BCUT2D eigenvalue weighted by Crippen LogP contribution is -2.21. The van der Waals surface area contributed by atoms with Gasteiger partial charge in [-0.05, 0) is 30.3 Å². The average molecular weight is 450 g/mol. The standard InChI is InChI=1S/C22H13F3N6O2/c23-22(24,25)20-16(21(33)29-13-5-4-12-9-27-30-17(12)8-13)10-28-31(20)19-3-1-2-14-15(19)6-7-26-18(14)11-32/h1-10,26H,(H,27,30)(H,29,33). The first-order chi connectivity index (χ1) is 15.9. The fourth-order valence-corrected chi connectivity index (χ4v) is 3.68. The number of nitrogens with zero attached hydrogens (tertiary/aromatic N) is 3. The highest BCUT2D eigenvalue weighted by atomic mass is 19.4. The Morgan fingerprint density at radius 3 is 2.79 bits per heavy atom. The first-order valence-electron chi connectivity index (χ1n) is 9.58. The summed E-state index contributed by atoms with van der Waals surface area (Å²) in [6.07, 6.45) is 0.504. The van der Waals surface area contributed by atoms with Crippen molar-refractivity contribution in [2.45, 2.75) is 6.18 Å². The van der Waals surface area contributed by atoms with E-state index in [1.807, 2.05) is 0 Å². The zero-order valence-electron chi connectivity index (χ0n) is 16.6. The third-order valence-corrected chi connectivity index (χ3v) is 5.14. The summed E-state index contributed by atoms with van der Waals surface area (Å²) in [5, 5.41) is 16.4. The lowest BCUT2D eigenvalue weighted by atomic mass is 10.0. The second-order valence-corrected chi connectivity index (χ2v) is 7.14. The predicted octanol–water partition coefficient (Wildman–Crippen LogP) is 3.77. The van der Waals surface area contributed by atoms with Crippen molar-refractivity contribution in [1.29, 1.82) is 0 Å². The average Bonchev–Trinajstić information content (AvgIpc) is 3.45. The molecule has 0 fully saturated rings. The molecule has 1 aliphatic heterocycles. The Balaban J connectivity index is 1.59. The Bertz CT molecular complexity index is 1490. The zero-order chi connectivity index (χ0) is 23.2. The molecule has 164 valence electrons. The maximum absolute atomic E-state index is 14.1. The highest BCUT2D eigenvalue weighted by molar-refractivity contribution is 6.06. The van der Waals surface area contributed by atoms with Crippen LogP contribution in [0.4, 0.5) is 18.9 Å². The van der Waals surface area contributed by atoms with E-state index in [0.29, 0.717) is 27.0 Å². The van der Waals surface area contributed by atoms with Crippen LogP contribution < -0.4 is 10.6 Å². The third-order valence-electron chi connectivity index (χ3n) is 5.14. The molecule has 2 aromatic carbocycles. The Kier molecular flexibility index (Phi) is 4.61. The summed E-state index contributed by atoms with van der Waals surface area (Å²) in [5.74, 6) is 0.757. The van der Waals surface area contributed by atoms with Gasteiger partial charge in [0, 0.05) is 28.4 Å². The van der Waals surface area contributed by atoms with Crippen LogP contribution in [0.2, 0.25) is 0 Å². The van der Waals surface area contributed by atoms with Crippen molar-refractivity contribution in [2.75, 3.05) is 5.32 Å². The summed E-state index contributed by atoms with van der Waals surface area (Å²) in [4.78, 5) is 24.0. The molecule has 0 bridgehead atoms. The van der Waals surface area contributed by atoms with Crippen LogP contribution in [-0.2, 0) is 11.0 Å². The van der Waals surface area contributed by atoms with Gasteiger partial charge in [0.1, 0.15) is 5.70 Å². The Morgan fingerprint density at radius 2 is 2.00 bits per heavy atom. The van der Waals surface area contributed by atoms with E-state index < -0.39 is 23.3 Å². The van der Waals surface area contributed by atoms with Crippen LogP contribution in [-0.4, -0.2) is 31.8 Å². The quantitative estimate of drug-likeness (QED) is 0.412. The number of carbonyl (C=O) groups is 1. The van der Waals surface area contributed by atoms with Crippen molar-refractivity contribution in [2.24, 2.45) is 0 Å². The van der Waals surface area contributed by atoms with Crippen molar-refractivity contribution in [3.8, 4) is 5.69 Å². The van der Waals surface area contributed by atoms with Crippen LogP contribution >= 0.6 is 0 Å². The van der Waals surface area contributed by atoms with Gasteiger partial charge in [-0.15, -0.1) is 0 Å². The first-order valence-corrected chi connectivity index (χ1v) is 9.58. The van der Waals surface area contributed by atoms with E-state index in [1.165, 1.54) is 24.4 Å². The van der Waals surface area contributed by atoms with E-state index in [4.69, 9.17) is 0 Å². The highest BCUT2D eigenvalue weighted by Gasteiger charge is 2.41. The lowest BCUT2D eigenvalue weighted by Gasteiger charge is -2.19. The van der Waals surface area contributed by atoms with Gasteiger partial charge in [0.05, 0.1) is 29.2 Å². The van der Waals surface area contributed by atoms with Crippen molar-refractivity contribution in [3.63, 3.8) is 0 Å². The first kappa shape index (κ1) is 20.3. The zero-order valence-corrected chi connectivity index (χ0v) is 16.6. The topological polar surface area (TPSA) is 105 Å². The number of fused-ring (bicyclic) bond motifs is 2. The molecule has 0 spiro atoms. The lowest BCUT2D eigenvalue weighted by molar-refractivity contribution is -0.143. The summed E-state index contributed by atoms with van der Waals surface area (Å²) in [6, 6.07) is 9.30. The maximum Gasteiger partial charge on any atom is 0.434 e. The molecule has 8 nitrogen and oxygen atoms in total. The summed E-state index contributed by atoms with van der Waals surface area (Å²) in [5.41, 5.74) is -0.120. The number of alkyl halides is 3. The molecule has 4 aromatic rings. The summed E-state index contributed by atoms with van der Waals surface area (Å²) in [7, 11) is 0. The number of aromatic nitrogens is 4. The second-order valence-electron chi connectivity index (χ2n) is 7.14. The molecule has 11 heteroatoms. The Hall–Kier alpha value is -4.63. The number of H-pyrrole nitrogens is 1. The van der Waals surface area contributed by atoms with E-state index in [0.717, 1.165) is 11.6 Å². The van der Waals surface area contributed by atoms with E-state index in [2.05, 4.69) is 25.9 Å². The molecule has 0 saturated carbocycles. The van der Waals surface area contributed by atoms with E-state index in [9.17, 15) is 22.8 Å². The number of hydrogen-bond donors (Lipinski definition) is 3. The number of aromatic amines is 1. The van der Waals surface area contributed by atoms with Gasteiger partial charge in [-0.25, -0.2) is 9.48 Å². The monoisotopic (exact) mass is 450 g/mol. The number of carbonyl (C=O) groups excluding carboxylic acids is 2. The normalized spacial score (nSPS) is 12.9. The number of benzene rings is 2. The van der Waals surface area contributed by atoms with Gasteiger partial charge in [0.2, 0.25) is 0 Å². The minimum atomic E-state index is -4.89. The summed E-state index contributed by atoms with van der Waals surface area (Å²) >= 11 is 0. The van der Waals surface area contributed by atoms with Gasteiger partial charge in [0.25, 0.3) is 5.91 Å². The molecule has 3 N–H and O–H groups in total. The fraction of sp³-hybridized carbons (Fsp3) is 0.0455. The molecule has 0 saturated heterocycles.